The van der Waals surface area contributed by atoms with Gasteiger partial charge in [-0.25, -0.2) is 0 Å². The molecule has 0 aromatic rings. The zero-order valence-electron chi connectivity index (χ0n) is 12.1. The Balaban J connectivity index is 2.98. The van der Waals surface area contributed by atoms with Gasteiger partial charge in [-0.05, 0) is 12.8 Å². The van der Waals surface area contributed by atoms with E-state index in [0.717, 1.165) is 32.0 Å². The summed E-state index contributed by atoms with van der Waals surface area (Å²) in [6.07, 6.45) is 15.6. The summed E-state index contributed by atoms with van der Waals surface area (Å²) in [5.41, 5.74) is 0. The maximum absolute atomic E-state index is 11.1. The lowest BCUT2D eigenvalue weighted by atomic mass is 10.0. The van der Waals surface area contributed by atoms with Crippen molar-refractivity contribution >= 4 is 12.1 Å². The number of aldehydes is 1. The Bertz CT molecular complexity index is 199. The van der Waals surface area contributed by atoms with Gasteiger partial charge >= 0.3 is 0 Å². The predicted molar refractivity (Wildman–Crippen MR) is 76.8 cm³/mol. The first-order valence-electron chi connectivity index (χ1n) is 7.76. The van der Waals surface area contributed by atoms with Crippen molar-refractivity contribution in [1.29, 1.82) is 0 Å². The van der Waals surface area contributed by atoms with Gasteiger partial charge in [-0.15, -0.1) is 0 Å². The Morgan fingerprint density at radius 1 is 0.778 bits per heavy atom. The van der Waals surface area contributed by atoms with Crippen molar-refractivity contribution in [3.8, 4) is 0 Å². The third kappa shape index (κ3) is 13.4. The molecule has 0 unspecified atom stereocenters. The minimum Gasteiger partial charge on any atom is -0.303 e. The molecule has 0 fully saturated rings. The second-order valence-electron chi connectivity index (χ2n) is 5.13. The standard InChI is InChI=1S/C16H30O2/c1-2-16(18)14-12-10-8-6-4-3-5-7-9-11-13-15-17/h15H,2-14H2,1H3. The quantitative estimate of drug-likeness (QED) is 0.328. The van der Waals surface area contributed by atoms with Gasteiger partial charge in [-0.2, -0.15) is 0 Å². The summed E-state index contributed by atoms with van der Waals surface area (Å²) in [7, 11) is 0. The highest BCUT2D eigenvalue weighted by molar-refractivity contribution is 5.77. The Kier molecular flexibility index (Phi) is 13.9. The van der Waals surface area contributed by atoms with Crippen LogP contribution in [0.1, 0.15) is 90.4 Å². The van der Waals surface area contributed by atoms with Crippen LogP contribution in [0.3, 0.4) is 0 Å². The molecule has 0 aromatic heterocycles. The summed E-state index contributed by atoms with van der Waals surface area (Å²) in [6.45, 7) is 1.94. The van der Waals surface area contributed by atoms with Gasteiger partial charge < -0.3 is 4.79 Å². The maximum Gasteiger partial charge on any atom is 0.132 e. The Morgan fingerprint density at radius 3 is 1.67 bits per heavy atom. The molecule has 2 heteroatoms. The molecule has 0 aliphatic heterocycles. The average molecular weight is 254 g/mol. The van der Waals surface area contributed by atoms with E-state index in [0.29, 0.717) is 12.2 Å². The normalized spacial score (nSPS) is 10.5. The Labute approximate surface area is 113 Å². The lowest BCUT2D eigenvalue weighted by Gasteiger charge is -2.02. The van der Waals surface area contributed by atoms with Crippen molar-refractivity contribution < 1.29 is 9.59 Å². The number of hydrogen-bond donors (Lipinski definition) is 0. The van der Waals surface area contributed by atoms with Crippen LogP contribution in [0, 0.1) is 0 Å². The smallest absolute Gasteiger partial charge is 0.132 e. The van der Waals surface area contributed by atoms with Crippen LogP contribution < -0.4 is 0 Å². The number of unbranched alkanes of at least 4 members (excludes halogenated alkanes) is 10. The van der Waals surface area contributed by atoms with Crippen molar-refractivity contribution in [1.82, 2.24) is 0 Å². The van der Waals surface area contributed by atoms with Crippen LogP contribution in [0.4, 0.5) is 0 Å². The van der Waals surface area contributed by atoms with Crippen LogP contribution >= 0.6 is 0 Å². The van der Waals surface area contributed by atoms with E-state index in [1.807, 2.05) is 6.92 Å². The van der Waals surface area contributed by atoms with E-state index in [9.17, 15) is 9.59 Å². The molecule has 106 valence electrons. The number of hydrogen-bond acceptors (Lipinski definition) is 2. The fourth-order valence-corrected chi connectivity index (χ4v) is 2.14. The Morgan fingerprint density at radius 2 is 1.22 bits per heavy atom. The molecule has 0 N–H and O–H groups in total. The maximum atomic E-state index is 11.1. The zero-order valence-corrected chi connectivity index (χ0v) is 12.1. The molecule has 0 heterocycles. The molecule has 2 nitrogen and oxygen atoms in total. The van der Waals surface area contributed by atoms with Crippen LogP contribution in [-0.2, 0) is 9.59 Å². The van der Waals surface area contributed by atoms with Crippen molar-refractivity contribution in [3.63, 3.8) is 0 Å². The highest BCUT2D eigenvalue weighted by atomic mass is 16.1. The van der Waals surface area contributed by atoms with Gasteiger partial charge in [0, 0.05) is 19.3 Å². The highest BCUT2D eigenvalue weighted by Crippen LogP contribution is 2.12. The van der Waals surface area contributed by atoms with Crippen molar-refractivity contribution in [2.75, 3.05) is 0 Å². The second-order valence-corrected chi connectivity index (χ2v) is 5.13. The molecule has 0 radical (unpaired) electrons. The van der Waals surface area contributed by atoms with E-state index < -0.39 is 0 Å². The van der Waals surface area contributed by atoms with Crippen molar-refractivity contribution in [2.45, 2.75) is 90.4 Å². The first kappa shape index (κ1) is 17.3. The largest absolute Gasteiger partial charge is 0.303 e. The Hall–Kier alpha value is -0.660. The third-order valence-corrected chi connectivity index (χ3v) is 3.42. The molecule has 0 saturated heterocycles. The van der Waals surface area contributed by atoms with Gasteiger partial charge in [0.25, 0.3) is 0 Å². The predicted octanol–water partition coefficient (Wildman–Crippen LogP) is 4.85. The summed E-state index contributed by atoms with van der Waals surface area (Å²) in [5, 5.41) is 0. The van der Waals surface area contributed by atoms with Gasteiger partial charge in [0.2, 0.25) is 0 Å². The van der Waals surface area contributed by atoms with Crippen LogP contribution in [0.2, 0.25) is 0 Å². The first-order valence-corrected chi connectivity index (χ1v) is 7.76. The summed E-state index contributed by atoms with van der Waals surface area (Å²) in [6, 6.07) is 0. The van der Waals surface area contributed by atoms with Gasteiger partial charge in [0.15, 0.2) is 0 Å². The fourth-order valence-electron chi connectivity index (χ4n) is 2.14. The minimum absolute atomic E-state index is 0.408. The molecular weight excluding hydrogens is 224 g/mol. The topological polar surface area (TPSA) is 34.1 Å². The van der Waals surface area contributed by atoms with E-state index in [1.165, 1.54) is 51.4 Å². The highest BCUT2D eigenvalue weighted by Gasteiger charge is 1.97. The molecule has 0 spiro atoms. The fraction of sp³-hybridized carbons (Fsp3) is 0.875. The summed E-state index contributed by atoms with van der Waals surface area (Å²) in [5.74, 6) is 0.408. The molecular formula is C16H30O2. The van der Waals surface area contributed by atoms with Crippen LogP contribution in [0.5, 0.6) is 0 Å². The molecule has 0 aromatic carbocycles. The molecule has 0 bridgehead atoms. The lowest BCUT2D eigenvalue weighted by molar-refractivity contribution is -0.118. The van der Waals surface area contributed by atoms with E-state index >= 15 is 0 Å². The van der Waals surface area contributed by atoms with Crippen molar-refractivity contribution in [2.24, 2.45) is 0 Å². The molecule has 0 rings (SSSR count). The number of carbonyl (C=O) groups is 2. The molecule has 0 aliphatic carbocycles. The molecule has 0 atom stereocenters. The van der Waals surface area contributed by atoms with E-state index in [1.54, 1.807) is 0 Å². The van der Waals surface area contributed by atoms with Crippen LogP contribution in [-0.4, -0.2) is 12.1 Å². The van der Waals surface area contributed by atoms with E-state index in [2.05, 4.69) is 0 Å². The number of carbonyl (C=O) groups excluding carboxylic acids is 2. The summed E-state index contributed by atoms with van der Waals surface area (Å²) in [4.78, 5) is 21.2. The minimum atomic E-state index is 0.408. The molecule has 0 amide bonds. The molecule has 0 aliphatic rings. The monoisotopic (exact) mass is 254 g/mol. The van der Waals surface area contributed by atoms with Crippen LogP contribution in [0.25, 0.3) is 0 Å². The van der Waals surface area contributed by atoms with Gasteiger partial charge in [-0.3, -0.25) is 4.79 Å². The first-order chi connectivity index (χ1) is 8.81. The summed E-state index contributed by atoms with van der Waals surface area (Å²) >= 11 is 0. The van der Waals surface area contributed by atoms with Gasteiger partial charge in [-0.1, -0.05) is 58.3 Å². The number of rotatable bonds is 14. The van der Waals surface area contributed by atoms with Gasteiger partial charge in [0.05, 0.1) is 0 Å². The zero-order chi connectivity index (χ0) is 13.5. The van der Waals surface area contributed by atoms with Crippen molar-refractivity contribution in [3.05, 3.63) is 0 Å². The van der Waals surface area contributed by atoms with Crippen LogP contribution in [0.15, 0.2) is 0 Å². The van der Waals surface area contributed by atoms with E-state index in [4.69, 9.17) is 0 Å². The number of ketones is 1. The van der Waals surface area contributed by atoms with Gasteiger partial charge in [0.1, 0.15) is 12.1 Å². The third-order valence-electron chi connectivity index (χ3n) is 3.42. The summed E-state index contributed by atoms with van der Waals surface area (Å²) < 4.78 is 0. The molecule has 0 saturated carbocycles. The average Bonchev–Trinajstić information content (AvgIpc) is 2.39. The van der Waals surface area contributed by atoms with E-state index in [-0.39, 0.29) is 0 Å². The number of Topliss-reactive ketones (excluding diaryl/α,β-unsaturated/α-hetero) is 1. The second kappa shape index (κ2) is 14.4. The SMILES string of the molecule is CCC(=O)CCCCCCCCCCCCC=O. The lowest BCUT2D eigenvalue weighted by Crippen LogP contribution is -1.94. The molecule has 18 heavy (non-hydrogen) atoms.